The van der Waals surface area contributed by atoms with Crippen LogP contribution in [0.4, 0.5) is 4.39 Å². The van der Waals surface area contributed by atoms with Crippen molar-refractivity contribution in [2.75, 3.05) is 19.7 Å². The highest BCUT2D eigenvalue weighted by molar-refractivity contribution is 5.57. The molecule has 1 aromatic carbocycles. The van der Waals surface area contributed by atoms with Gasteiger partial charge in [0.2, 0.25) is 5.43 Å². The molecule has 37 heavy (non-hydrogen) atoms. The zero-order valence-corrected chi connectivity index (χ0v) is 21.0. The van der Waals surface area contributed by atoms with Gasteiger partial charge in [0, 0.05) is 30.3 Å². The predicted molar refractivity (Wildman–Crippen MR) is 138 cm³/mol. The Morgan fingerprint density at radius 3 is 2.68 bits per heavy atom. The highest BCUT2D eigenvalue weighted by Gasteiger charge is 2.32. The van der Waals surface area contributed by atoms with Crippen LogP contribution in [0.25, 0.3) is 17.1 Å². The summed E-state index contributed by atoms with van der Waals surface area (Å²) in [6.45, 7) is 6.01. The number of halogens is 1. The quantitative estimate of drug-likeness (QED) is 0.393. The second kappa shape index (κ2) is 10.6. The van der Waals surface area contributed by atoms with E-state index >= 15 is 0 Å². The molecule has 1 aliphatic rings. The average molecular weight is 504 g/mol. The maximum atomic E-state index is 14.8. The molecular weight excluding hydrogens is 473 g/mol. The summed E-state index contributed by atoms with van der Waals surface area (Å²) in [6.07, 6.45) is 9.26. The molecule has 1 fully saturated rings. The van der Waals surface area contributed by atoms with Crippen LogP contribution >= 0.6 is 0 Å². The van der Waals surface area contributed by atoms with Gasteiger partial charge in [0.25, 0.3) is 0 Å². The van der Waals surface area contributed by atoms with Crippen molar-refractivity contribution in [3.05, 3.63) is 82.8 Å². The molecule has 4 heterocycles. The van der Waals surface area contributed by atoms with Crippen LogP contribution in [0, 0.1) is 0 Å². The molecule has 0 amide bonds. The number of benzene rings is 1. The third-order valence-corrected chi connectivity index (χ3v) is 6.72. The van der Waals surface area contributed by atoms with Crippen molar-refractivity contribution in [1.29, 1.82) is 0 Å². The molecular formula is C27H30FN7O2. The smallest absolute Gasteiger partial charge is 0.203 e. The number of rotatable bonds is 8. The van der Waals surface area contributed by atoms with E-state index < -0.39 is 5.67 Å². The van der Waals surface area contributed by atoms with Gasteiger partial charge in [0.15, 0.2) is 11.6 Å². The third-order valence-electron chi connectivity index (χ3n) is 6.72. The number of nitrogens with one attached hydrogen (secondary N) is 1. The van der Waals surface area contributed by atoms with Gasteiger partial charge in [-0.05, 0) is 44.5 Å². The topological polar surface area (TPSA) is 99.8 Å². The second-order valence-electron chi connectivity index (χ2n) is 9.34. The van der Waals surface area contributed by atoms with Gasteiger partial charge < -0.3 is 10.1 Å². The molecule has 1 saturated heterocycles. The van der Waals surface area contributed by atoms with Crippen molar-refractivity contribution < 1.29 is 9.13 Å². The van der Waals surface area contributed by atoms with Crippen LogP contribution in [0.2, 0.25) is 0 Å². The highest BCUT2D eigenvalue weighted by atomic mass is 19.1. The number of hydrogen-bond donors (Lipinski definition) is 1. The first kappa shape index (κ1) is 24.8. The monoisotopic (exact) mass is 503 g/mol. The summed E-state index contributed by atoms with van der Waals surface area (Å²) >= 11 is 0. The molecule has 3 aromatic heterocycles. The molecule has 9 nitrogen and oxygen atoms in total. The van der Waals surface area contributed by atoms with Gasteiger partial charge in [-0.1, -0.05) is 25.1 Å². The van der Waals surface area contributed by atoms with Crippen molar-refractivity contribution >= 4 is 0 Å². The highest BCUT2D eigenvalue weighted by Crippen LogP contribution is 2.27. The molecule has 0 radical (unpaired) electrons. The summed E-state index contributed by atoms with van der Waals surface area (Å²) in [7, 11) is 0. The molecule has 0 spiro atoms. The molecule has 1 aliphatic heterocycles. The Hall–Kier alpha value is -3.92. The van der Waals surface area contributed by atoms with E-state index in [0.717, 1.165) is 23.4 Å². The standard InChI is InChI=1S/C27H30FN7O2/c1-3-34-17-22(14-32-34)35-12-7-24(36)25(33-35)19(2)20-5-4-6-21(13-20)26-30-15-23(16-31-26)37-18-27(28)8-10-29-11-9-27/h4-7,12-17,19,29H,3,8-11,18H2,1-2H3. The van der Waals surface area contributed by atoms with E-state index in [0.29, 0.717) is 43.2 Å². The number of aryl methyl sites for hydroxylation is 1. The lowest BCUT2D eigenvalue weighted by Crippen LogP contribution is -2.42. The minimum atomic E-state index is -1.32. The Labute approximate surface area is 214 Å². The average Bonchev–Trinajstić information content (AvgIpc) is 3.42. The molecule has 0 saturated carbocycles. The molecule has 1 atom stereocenters. The van der Waals surface area contributed by atoms with Crippen LogP contribution in [0.15, 0.2) is 66.1 Å². The first-order chi connectivity index (χ1) is 17.9. The number of alkyl halides is 1. The summed E-state index contributed by atoms with van der Waals surface area (Å²) in [5.74, 6) is 0.697. The molecule has 4 aromatic rings. The Morgan fingerprint density at radius 1 is 1.16 bits per heavy atom. The van der Waals surface area contributed by atoms with Crippen LogP contribution in [-0.2, 0) is 6.54 Å². The van der Waals surface area contributed by atoms with E-state index in [9.17, 15) is 9.18 Å². The molecule has 5 rings (SSSR count). The summed E-state index contributed by atoms with van der Waals surface area (Å²) in [6, 6.07) is 9.26. The van der Waals surface area contributed by atoms with Crippen molar-refractivity contribution in [2.45, 2.75) is 44.8 Å². The van der Waals surface area contributed by atoms with Gasteiger partial charge in [0.05, 0.1) is 24.8 Å². The lowest BCUT2D eigenvalue weighted by Gasteiger charge is -2.29. The second-order valence-corrected chi connectivity index (χ2v) is 9.34. The summed E-state index contributed by atoms with van der Waals surface area (Å²) < 4.78 is 23.9. The third kappa shape index (κ3) is 5.59. The van der Waals surface area contributed by atoms with Gasteiger partial charge in [-0.15, -0.1) is 0 Å². The van der Waals surface area contributed by atoms with Crippen LogP contribution < -0.4 is 15.5 Å². The first-order valence-electron chi connectivity index (χ1n) is 12.5. The van der Waals surface area contributed by atoms with Crippen LogP contribution in [0.1, 0.15) is 43.9 Å². The molecule has 1 unspecified atom stereocenters. The zero-order chi connectivity index (χ0) is 25.8. The van der Waals surface area contributed by atoms with E-state index in [2.05, 4.69) is 25.5 Å². The van der Waals surface area contributed by atoms with Crippen molar-refractivity contribution in [2.24, 2.45) is 0 Å². The fraction of sp³-hybridized carbons (Fsp3) is 0.370. The van der Waals surface area contributed by atoms with Crippen LogP contribution in [0.5, 0.6) is 5.75 Å². The summed E-state index contributed by atoms with van der Waals surface area (Å²) in [5, 5.41) is 12.1. The van der Waals surface area contributed by atoms with Crippen molar-refractivity contribution in [3.8, 4) is 22.8 Å². The number of aromatic nitrogens is 6. The SMILES string of the molecule is CCn1cc(-n2ccc(=O)c(C(C)c3cccc(-c4ncc(OCC5(F)CCNCC5)cn4)c3)n2)cn1. The number of hydrogen-bond acceptors (Lipinski definition) is 7. The minimum absolute atomic E-state index is 0.00871. The number of piperidine rings is 1. The Kier molecular flexibility index (Phi) is 7.09. The molecule has 1 N–H and O–H groups in total. The number of nitrogens with zero attached hydrogens (tertiary/aromatic N) is 6. The maximum absolute atomic E-state index is 14.8. The van der Waals surface area contributed by atoms with Crippen LogP contribution in [-0.4, -0.2) is 54.9 Å². The van der Waals surface area contributed by atoms with Crippen molar-refractivity contribution in [1.82, 2.24) is 34.8 Å². The number of ether oxygens (including phenoxy) is 1. The molecule has 192 valence electrons. The van der Waals surface area contributed by atoms with Crippen molar-refractivity contribution in [3.63, 3.8) is 0 Å². The normalized spacial score (nSPS) is 15.9. The summed E-state index contributed by atoms with van der Waals surface area (Å²) in [4.78, 5) is 21.6. The largest absolute Gasteiger partial charge is 0.487 e. The van der Waals surface area contributed by atoms with E-state index in [1.807, 2.05) is 44.3 Å². The first-order valence-corrected chi connectivity index (χ1v) is 12.5. The van der Waals surface area contributed by atoms with Gasteiger partial charge in [-0.3, -0.25) is 9.48 Å². The van der Waals surface area contributed by atoms with E-state index in [1.165, 1.54) is 6.07 Å². The molecule has 10 heteroatoms. The van der Waals surface area contributed by atoms with Gasteiger partial charge in [-0.25, -0.2) is 19.0 Å². The fourth-order valence-electron chi connectivity index (χ4n) is 4.39. The molecule has 0 aliphatic carbocycles. The maximum Gasteiger partial charge on any atom is 0.203 e. The van der Waals surface area contributed by atoms with Crippen LogP contribution in [0.3, 0.4) is 0 Å². The van der Waals surface area contributed by atoms with E-state index in [4.69, 9.17) is 4.74 Å². The fourth-order valence-corrected chi connectivity index (χ4v) is 4.39. The van der Waals surface area contributed by atoms with E-state index in [-0.39, 0.29) is 18.0 Å². The van der Waals surface area contributed by atoms with Gasteiger partial charge >= 0.3 is 0 Å². The molecule has 0 bridgehead atoms. The zero-order valence-electron chi connectivity index (χ0n) is 21.0. The van der Waals surface area contributed by atoms with E-state index in [1.54, 1.807) is 34.2 Å². The lowest BCUT2D eigenvalue weighted by atomic mass is 9.95. The van der Waals surface area contributed by atoms with Gasteiger partial charge in [0.1, 0.15) is 23.7 Å². The Morgan fingerprint density at radius 2 is 1.95 bits per heavy atom. The Balaban J connectivity index is 1.33. The van der Waals surface area contributed by atoms with Gasteiger partial charge in [-0.2, -0.15) is 10.2 Å². The predicted octanol–water partition coefficient (Wildman–Crippen LogP) is 3.53. The summed E-state index contributed by atoms with van der Waals surface area (Å²) in [5.41, 5.74) is 1.49. The minimum Gasteiger partial charge on any atom is -0.487 e. The Bertz CT molecular complexity index is 1410. The lowest BCUT2D eigenvalue weighted by molar-refractivity contribution is 0.0536.